The van der Waals surface area contributed by atoms with Gasteiger partial charge in [0.2, 0.25) is 5.91 Å². The van der Waals surface area contributed by atoms with Gasteiger partial charge in [0.05, 0.1) is 5.92 Å². The predicted molar refractivity (Wildman–Crippen MR) is 85.8 cm³/mol. The highest BCUT2D eigenvalue weighted by atomic mass is 16.2. The Morgan fingerprint density at radius 1 is 1.14 bits per heavy atom. The van der Waals surface area contributed by atoms with Gasteiger partial charge in [0, 0.05) is 25.6 Å². The molecule has 2 aromatic rings. The first-order valence-electron chi connectivity index (χ1n) is 7.49. The van der Waals surface area contributed by atoms with Crippen LogP contribution in [0.5, 0.6) is 0 Å². The number of carbonyl (C=O) groups excluding carboxylic acids is 2. The van der Waals surface area contributed by atoms with E-state index < -0.39 is 0 Å². The molecule has 0 spiro atoms. The number of hydrogen-bond donors (Lipinski definition) is 0. The molecule has 112 valence electrons. The van der Waals surface area contributed by atoms with Gasteiger partial charge in [0.25, 0.3) is 0 Å². The van der Waals surface area contributed by atoms with E-state index in [2.05, 4.69) is 0 Å². The molecular formula is C19H19NO2. The first-order chi connectivity index (χ1) is 10.6. The summed E-state index contributed by atoms with van der Waals surface area (Å²) in [5.41, 5.74) is 3.74. The molecule has 3 heteroatoms. The van der Waals surface area contributed by atoms with Crippen LogP contribution in [0.3, 0.4) is 0 Å². The van der Waals surface area contributed by atoms with Crippen LogP contribution in [-0.4, -0.2) is 23.6 Å². The average molecular weight is 293 g/mol. The highest BCUT2D eigenvalue weighted by molar-refractivity contribution is 6.07. The number of carbonyl (C=O) groups is 2. The number of rotatable bonds is 3. The van der Waals surface area contributed by atoms with Crippen molar-refractivity contribution in [2.75, 3.05) is 7.05 Å². The highest BCUT2D eigenvalue weighted by Crippen LogP contribution is 2.36. The molecule has 2 aromatic carbocycles. The molecule has 3 nitrogen and oxygen atoms in total. The molecule has 1 aliphatic rings. The van der Waals surface area contributed by atoms with Gasteiger partial charge in [-0.25, -0.2) is 0 Å². The Hall–Kier alpha value is -2.42. The summed E-state index contributed by atoms with van der Waals surface area (Å²) in [5, 5.41) is 0. The van der Waals surface area contributed by atoms with E-state index >= 15 is 0 Å². The zero-order chi connectivity index (χ0) is 15.7. The predicted octanol–water partition coefficient (Wildman–Crippen LogP) is 3.32. The standard InChI is InChI=1S/C19H19NO2/c1-13-7-6-10-15-17(21)11-16(18(13)15)19(22)20(2)12-14-8-4-3-5-9-14/h3-10,16H,11-12H2,1-2H3. The summed E-state index contributed by atoms with van der Waals surface area (Å²) >= 11 is 0. The Labute approximate surface area is 130 Å². The molecule has 0 fully saturated rings. The summed E-state index contributed by atoms with van der Waals surface area (Å²) in [4.78, 5) is 26.6. The summed E-state index contributed by atoms with van der Waals surface area (Å²) in [7, 11) is 1.80. The van der Waals surface area contributed by atoms with Crippen LogP contribution >= 0.6 is 0 Å². The molecule has 0 radical (unpaired) electrons. The molecule has 0 aromatic heterocycles. The zero-order valence-electron chi connectivity index (χ0n) is 12.9. The number of likely N-dealkylation sites (N-methyl/N-ethyl adjacent to an activating group) is 1. The normalized spacial score (nSPS) is 16.5. The van der Waals surface area contributed by atoms with Crippen molar-refractivity contribution in [1.29, 1.82) is 0 Å². The Balaban J connectivity index is 1.84. The van der Waals surface area contributed by atoms with Crippen molar-refractivity contribution in [3.05, 3.63) is 70.8 Å². The van der Waals surface area contributed by atoms with E-state index in [4.69, 9.17) is 0 Å². The van der Waals surface area contributed by atoms with Gasteiger partial charge in [-0.15, -0.1) is 0 Å². The van der Waals surface area contributed by atoms with E-state index in [-0.39, 0.29) is 24.0 Å². The van der Waals surface area contributed by atoms with E-state index in [0.717, 1.165) is 16.7 Å². The minimum absolute atomic E-state index is 0.0188. The van der Waals surface area contributed by atoms with Crippen LogP contribution < -0.4 is 0 Å². The van der Waals surface area contributed by atoms with E-state index in [9.17, 15) is 9.59 Å². The fraction of sp³-hybridized carbons (Fsp3) is 0.263. The van der Waals surface area contributed by atoms with Crippen LogP contribution in [0.15, 0.2) is 48.5 Å². The first-order valence-corrected chi connectivity index (χ1v) is 7.49. The molecule has 0 heterocycles. The van der Waals surface area contributed by atoms with E-state index in [1.165, 1.54) is 0 Å². The van der Waals surface area contributed by atoms with Crippen LogP contribution in [-0.2, 0) is 11.3 Å². The lowest BCUT2D eigenvalue weighted by molar-refractivity contribution is -0.131. The number of aryl methyl sites for hydroxylation is 1. The summed E-state index contributed by atoms with van der Waals surface area (Å²) in [5.74, 6) is -0.243. The minimum atomic E-state index is -0.336. The lowest BCUT2D eigenvalue weighted by Crippen LogP contribution is -2.30. The second-order valence-corrected chi connectivity index (χ2v) is 5.90. The molecule has 0 saturated heterocycles. The van der Waals surface area contributed by atoms with Gasteiger partial charge < -0.3 is 4.90 Å². The summed E-state index contributed by atoms with van der Waals surface area (Å²) in [6.45, 7) is 2.53. The molecule has 1 aliphatic carbocycles. The van der Waals surface area contributed by atoms with Crippen molar-refractivity contribution < 1.29 is 9.59 Å². The third kappa shape index (κ3) is 2.54. The maximum Gasteiger partial charge on any atom is 0.230 e. The van der Waals surface area contributed by atoms with Gasteiger partial charge in [0.1, 0.15) is 0 Å². The van der Waals surface area contributed by atoms with Crippen molar-refractivity contribution >= 4 is 11.7 Å². The van der Waals surface area contributed by atoms with Gasteiger partial charge in [-0.3, -0.25) is 9.59 Å². The molecule has 1 amide bonds. The second kappa shape index (κ2) is 5.76. The summed E-state index contributed by atoms with van der Waals surface area (Å²) < 4.78 is 0. The number of Topliss-reactive ketones (excluding diaryl/α,β-unsaturated/α-hetero) is 1. The maximum atomic E-state index is 12.8. The lowest BCUT2D eigenvalue weighted by Gasteiger charge is -2.22. The van der Waals surface area contributed by atoms with Gasteiger partial charge in [0.15, 0.2) is 5.78 Å². The number of nitrogens with zero attached hydrogens (tertiary/aromatic N) is 1. The molecule has 0 aliphatic heterocycles. The molecular weight excluding hydrogens is 274 g/mol. The Morgan fingerprint density at radius 3 is 2.59 bits per heavy atom. The number of ketones is 1. The molecule has 1 unspecified atom stereocenters. The fourth-order valence-electron chi connectivity index (χ4n) is 3.20. The topological polar surface area (TPSA) is 37.4 Å². The van der Waals surface area contributed by atoms with Gasteiger partial charge >= 0.3 is 0 Å². The van der Waals surface area contributed by atoms with Crippen molar-refractivity contribution in [1.82, 2.24) is 4.90 Å². The third-order valence-corrected chi connectivity index (χ3v) is 4.30. The fourth-order valence-corrected chi connectivity index (χ4v) is 3.20. The molecule has 0 N–H and O–H groups in total. The number of fused-ring (bicyclic) bond motifs is 1. The Morgan fingerprint density at radius 2 is 1.86 bits per heavy atom. The largest absolute Gasteiger partial charge is 0.341 e. The van der Waals surface area contributed by atoms with Crippen LogP contribution in [0.2, 0.25) is 0 Å². The van der Waals surface area contributed by atoms with Crippen LogP contribution in [0.1, 0.15) is 39.4 Å². The van der Waals surface area contributed by atoms with Crippen molar-refractivity contribution in [2.45, 2.75) is 25.8 Å². The third-order valence-electron chi connectivity index (χ3n) is 4.30. The smallest absolute Gasteiger partial charge is 0.230 e. The van der Waals surface area contributed by atoms with Crippen LogP contribution in [0, 0.1) is 6.92 Å². The minimum Gasteiger partial charge on any atom is -0.341 e. The molecule has 3 rings (SSSR count). The monoisotopic (exact) mass is 293 g/mol. The second-order valence-electron chi connectivity index (χ2n) is 5.90. The van der Waals surface area contributed by atoms with Crippen molar-refractivity contribution in [2.24, 2.45) is 0 Å². The molecule has 1 atom stereocenters. The molecule has 0 bridgehead atoms. The average Bonchev–Trinajstić information content (AvgIpc) is 2.86. The van der Waals surface area contributed by atoms with Crippen LogP contribution in [0.25, 0.3) is 0 Å². The van der Waals surface area contributed by atoms with Crippen molar-refractivity contribution in [3.8, 4) is 0 Å². The Bertz CT molecular complexity index is 721. The maximum absolute atomic E-state index is 12.8. The number of benzene rings is 2. The zero-order valence-corrected chi connectivity index (χ0v) is 12.9. The summed E-state index contributed by atoms with van der Waals surface area (Å²) in [6.07, 6.45) is 0.290. The van der Waals surface area contributed by atoms with Gasteiger partial charge in [-0.2, -0.15) is 0 Å². The molecule has 0 saturated carbocycles. The van der Waals surface area contributed by atoms with Crippen molar-refractivity contribution in [3.63, 3.8) is 0 Å². The van der Waals surface area contributed by atoms with Gasteiger partial charge in [-0.05, 0) is 23.6 Å². The van der Waals surface area contributed by atoms with E-state index in [1.807, 2.05) is 55.5 Å². The first kappa shape index (κ1) is 14.5. The van der Waals surface area contributed by atoms with Gasteiger partial charge in [-0.1, -0.05) is 48.5 Å². The lowest BCUT2D eigenvalue weighted by atomic mass is 9.95. The quantitative estimate of drug-likeness (QED) is 0.870. The highest BCUT2D eigenvalue weighted by Gasteiger charge is 2.36. The number of hydrogen-bond acceptors (Lipinski definition) is 2. The van der Waals surface area contributed by atoms with E-state index in [1.54, 1.807) is 11.9 Å². The van der Waals surface area contributed by atoms with E-state index in [0.29, 0.717) is 12.1 Å². The SMILES string of the molecule is Cc1cccc2c1C(C(=O)N(C)Cc1ccccc1)CC2=O. The Kier molecular flexibility index (Phi) is 3.80. The molecule has 22 heavy (non-hydrogen) atoms. The summed E-state index contributed by atoms with van der Waals surface area (Å²) in [6, 6.07) is 15.6. The number of amides is 1. The van der Waals surface area contributed by atoms with Crippen LogP contribution in [0.4, 0.5) is 0 Å².